The van der Waals surface area contributed by atoms with Gasteiger partial charge in [0.1, 0.15) is 12.6 Å². The molecule has 0 aliphatic heterocycles. The lowest BCUT2D eigenvalue weighted by atomic mass is 9.95. The van der Waals surface area contributed by atoms with Gasteiger partial charge < -0.3 is 10.2 Å². The highest BCUT2D eigenvalue weighted by atomic mass is 35.5. The van der Waals surface area contributed by atoms with E-state index in [2.05, 4.69) is 5.32 Å². The number of halogens is 4. The summed E-state index contributed by atoms with van der Waals surface area (Å²) in [5, 5.41) is 3.32. The van der Waals surface area contributed by atoms with Crippen molar-refractivity contribution in [2.24, 2.45) is 0 Å². The van der Waals surface area contributed by atoms with Crippen molar-refractivity contribution < 1.29 is 31.2 Å². The molecule has 2 aromatic carbocycles. The molecule has 0 radical (unpaired) electrons. The van der Waals surface area contributed by atoms with Gasteiger partial charge in [-0.25, -0.2) is 8.42 Å². The first-order chi connectivity index (χ1) is 17.8. The number of carbonyl (C=O) groups is 2. The highest BCUT2D eigenvalue weighted by molar-refractivity contribution is 7.92. The molecule has 0 heterocycles. The average molecular weight is 574 g/mol. The lowest BCUT2D eigenvalue weighted by Crippen LogP contribution is -2.53. The molecule has 7 nitrogen and oxygen atoms in total. The van der Waals surface area contributed by atoms with Crippen LogP contribution in [0.2, 0.25) is 5.02 Å². The molecule has 3 rings (SSSR count). The van der Waals surface area contributed by atoms with E-state index in [-0.39, 0.29) is 18.3 Å². The van der Waals surface area contributed by atoms with Crippen LogP contribution in [-0.4, -0.2) is 50.0 Å². The van der Waals surface area contributed by atoms with Gasteiger partial charge >= 0.3 is 6.18 Å². The summed E-state index contributed by atoms with van der Waals surface area (Å²) in [7, 11) is -4.17. The van der Waals surface area contributed by atoms with Crippen molar-refractivity contribution in [2.75, 3.05) is 17.1 Å². The summed E-state index contributed by atoms with van der Waals surface area (Å²) in [4.78, 5) is 27.9. The Morgan fingerprint density at radius 1 is 1.08 bits per heavy atom. The van der Waals surface area contributed by atoms with E-state index in [1.165, 1.54) is 17.9 Å². The predicted octanol–water partition coefficient (Wildman–Crippen LogP) is 4.99. The van der Waals surface area contributed by atoms with Crippen molar-refractivity contribution in [1.82, 2.24) is 10.2 Å². The van der Waals surface area contributed by atoms with Crippen LogP contribution in [0.15, 0.2) is 48.5 Å². The lowest BCUT2D eigenvalue weighted by molar-refractivity contribution is -0.139. The van der Waals surface area contributed by atoms with Crippen LogP contribution in [0.25, 0.3) is 0 Å². The fourth-order valence-corrected chi connectivity index (χ4v) is 5.45. The van der Waals surface area contributed by atoms with Crippen LogP contribution >= 0.6 is 11.6 Å². The average Bonchev–Trinajstić information content (AvgIpc) is 2.85. The fraction of sp³-hybridized carbons (Fsp3) is 0.462. The van der Waals surface area contributed by atoms with Crippen LogP contribution in [0.5, 0.6) is 0 Å². The summed E-state index contributed by atoms with van der Waals surface area (Å²) in [6, 6.07) is 9.44. The molecule has 38 heavy (non-hydrogen) atoms. The zero-order valence-electron chi connectivity index (χ0n) is 21.2. The quantitative estimate of drug-likeness (QED) is 0.458. The SMILES string of the molecule is C[C@H](C(=O)NC1CCCCC1)N(Cc1ccccc1Cl)C(=O)CN(c1cccc(C(F)(F)F)c1)S(C)(=O)=O. The highest BCUT2D eigenvalue weighted by Gasteiger charge is 2.34. The van der Waals surface area contributed by atoms with Crippen LogP contribution in [-0.2, 0) is 32.3 Å². The maximum Gasteiger partial charge on any atom is 0.416 e. The largest absolute Gasteiger partial charge is 0.416 e. The van der Waals surface area contributed by atoms with Crippen LogP contribution in [0, 0.1) is 0 Å². The number of anilines is 1. The third-order valence-corrected chi connectivity index (χ3v) is 8.07. The summed E-state index contributed by atoms with van der Waals surface area (Å²) in [5.74, 6) is -1.17. The molecule has 0 spiro atoms. The number of nitrogens with one attached hydrogen (secondary N) is 1. The number of hydrogen-bond donors (Lipinski definition) is 1. The molecular formula is C26H31ClF3N3O4S. The fourth-order valence-electron chi connectivity index (χ4n) is 4.41. The van der Waals surface area contributed by atoms with Gasteiger partial charge in [0.15, 0.2) is 0 Å². The minimum atomic E-state index is -4.70. The van der Waals surface area contributed by atoms with E-state index in [4.69, 9.17) is 11.6 Å². The van der Waals surface area contributed by atoms with Gasteiger partial charge in [0, 0.05) is 17.6 Å². The van der Waals surface area contributed by atoms with E-state index in [1.54, 1.807) is 24.3 Å². The number of nitrogens with zero attached hydrogens (tertiary/aromatic N) is 2. The van der Waals surface area contributed by atoms with Crippen LogP contribution in [0.4, 0.5) is 18.9 Å². The Morgan fingerprint density at radius 3 is 2.34 bits per heavy atom. The topological polar surface area (TPSA) is 86.8 Å². The normalized spacial score (nSPS) is 15.5. The molecule has 1 saturated carbocycles. The molecule has 1 aliphatic carbocycles. The molecule has 1 N–H and O–H groups in total. The zero-order valence-corrected chi connectivity index (χ0v) is 22.7. The first-order valence-corrected chi connectivity index (χ1v) is 14.5. The third kappa shape index (κ3) is 7.86. The molecule has 2 aromatic rings. The van der Waals surface area contributed by atoms with Crippen LogP contribution in [0.1, 0.15) is 50.2 Å². The first kappa shape index (κ1) is 29.8. The molecule has 0 saturated heterocycles. The standard InChI is InChI=1S/C26H31ClF3N3O4S/c1-18(25(35)31-21-11-4-3-5-12-21)32(16-19-9-6-7-14-23(19)27)24(34)17-33(38(2,36)37)22-13-8-10-20(15-22)26(28,29)30/h6-10,13-15,18,21H,3-5,11-12,16-17H2,1-2H3,(H,31,35)/t18-/m1/s1. The van der Waals surface area contributed by atoms with E-state index >= 15 is 0 Å². The maximum atomic E-state index is 13.6. The zero-order chi connectivity index (χ0) is 28.1. The number of amides is 2. The molecule has 1 atom stereocenters. The second kappa shape index (κ2) is 12.4. The van der Waals surface area contributed by atoms with Crippen LogP contribution < -0.4 is 9.62 Å². The minimum absolute atomic E-state index is 0.0198. The number of hydrogen-bond acceptors (Lipinski definition) is 4. The van der Waals surface area contributed by atoms with E-state index in [9.17, 15) is 31.2 Å². The van der Waals surface area contributed by atoms with E-state index < -0.39 is 46.2 Å². The molecule has 208 valence electrons. The van der Waals surface area contributed by atoms with Gasteiger partial charge in [-0.3, -0.25) is 13.9 Å². The van der Waals surface area contributed by atoms with Gasteiger partial charge in [-0.1, -0.05) is 55.1 Å². The van der Waals surface area contributed by atoms with Gasteiger partial charge in [0.05, 0.1) is 17.5 Å². The molecule has 0 unspecified atom stereocenters. The lowest BCUT2D eigenvalue weighted by Gasteiger charge is -2.33. The van der Waals surface area contributed by atoms with Gasteiger partial charge in [0.2, 0.25) is 21.8 Å². The van der Waals surface area contributed by atoms with Crippen molar-refractivity contribution in [1.29, 1.82) is 0 Å². The van der Waals surface area contributed by atoms with Crippen LogP contribution in [0.3, 0.4) is 0 Å². The van der Waals surface area contributed by atoms with Gasteiger partial charge in [-0.2, -0.15) is 13.2 Å². The summed E-state index contributed by atoms with van der Waals surface area (Å²) in [6.45, 7) is 0.631. The first-order valence-electron chi connectivity index (χ1n) is 12.3. The highest BCUT2D eigenvalue weighted by Crippen LogP contribution is 2.32. The van der Waals surface area contributed by atoms with Crippen molar-refractivity contribution in [2.45, 2.75) is 63.8 Å². The molecule has 1 fully saturated rings. The van der Waals surface area contributed by atoms with Gasteiger partial charge in [0.25, 0.3) is 0 Å². The summed E-state index contributed by atoms with van der Waals surface area (Å²) in [5.41, 5.74) is -0.832. The molecule has 1 aliphatic rings. The van der Waals surface area contributed by atoms with E-state index in [0.717, 1.165) is 50.5 Å². The predicted molar refractivity (Wildman–Crippen MR) is 140 cm³/mol. The smallest absolute Gasteiger partial charge is 0.352 e. The van der Waals surface area contributed by atoms with Crippen molar-refractivity contribution in [3.8, 4) is 0 Å². The van der Waals surface area contributed by atoms with Crippen molar-refractivity contribution in [3.05, 3.63) is 64.7 Å². The van der Waals surface area contributed by atoms with Gasteiger partial charge in [-0.05, 0) is 49.6 Å². The van der Waals surface area contributed by atoms with Gasteiger partial charge in [-0.15, -0.1) is 0 Å². The Hall–Kier alpha value is -2.79. The van der Waals surface area contributed by atoms with Crippen molar-refractivity contribution in [3.63, 3.8) is 0 Å². The van der Waals surface area contributed by atoms with Crippen molar-refractivity contribution >= 4 is 39.1 Å². The molecule has 12 heteroatoms. The summed E-state index contributed by atoms with van der Waals surface area (Å²) in [6.07, 6.45) is 0.825. The Labute approximate surface area is 226 Å². The molecule has 0 bridgehead atoms. The molecule has 2 amide bonds. The second-order valence-corrected chi connectivity index (χ2v) is 11.8. The Kier molecular flexibility index (Phi) is 9.69. The number of carbonyl (C=O) groups excluding carboxylic acids is 2. The Morgan fingerprint density at radius 2 is 1.74 bits per heavy atom. The molecular weight excluding hydrogens is 543 g/mol. The number of alkyl halides is 3. The number of benzene rings is 2. The molecule has 0 aromatic heterocycles. The maximum absolute atomic E-state index is 13.6. The summed E-state index contributed by atoms with van der Waals surface area (Å²) < 4.78 is 65.7. The minimum Gasteiger partial charge on any atom is -0.352 e. The monoisotopic (exact) mass is 573 g/mol. The summed E-state index contributed by atoms with van der Waals surface area (Å²) >= 11 is 6.30. The Bertz CT molecular complexity index is 1250. The third-order valence-electron chi connectivity index (χ3n) is 6.56. The Balaban J connectivity index is 1.92. The second-order valence-electron chi connectivity index (χ2n) is 9.45. The van der Waals surface area contributed by atoms with E-state index in [1.807, 2.05) is 0 Å². The number of sulfonamides is 1. The van der Waals surface area contributed by atoms with E-state index in [0.29, 0.717) is 21.0 Å². The number of rotatable bonds is 9.